The molecule has 0 aliphatic rings. The van der Waals surface area contributed by atoms with Gasteiger partial charge in [-0.2, -0.15) is 0 Å². The Hall–Kier alpha value is -2.03. The van der Waals surface area contributed by atoms with Gasteiger partial charge < -0.3 is 10.5 Å². The molecule has 0 amide bonds. The second-order valence-electron chi connectivity index (χ2n) is 4.08. The summed E-state index contributed by atoms with van der Waals surface area (Å²) in [5.41, 5.74) is 8.76. The van der Waals surface area contributed by atoms with Gasteiger partial charge in [0.05, 0.1) is 5.69 Å². The van der Waals surface area contributed by atoms with Crippen molar-refractivity contribution >= 4 is 5.69 Å². The molecule has 1 aromatic carbocycles. The average Bonchev–Trinajstić information content (AvgIpc) is 2.35. The van der Waals surface area contributed by atoms with Crippen molar-refractivity contribution in [2.24, 2.45) is 0 Å². The number of anilines is 1. The second kappa shape index (κ2) is 4.87. The number of pyridine rings is 1. The minimum Gasteiger partial charge on any atom is -0.484 e. The van der Waals surface area contributed by atoms with Crippen LogP contribution in [0.2, 0.25) is 0 Å². The van der Waals surface area contributed by atoms with Crippen molar-refractivity contribution < 1.29 is 4.74 Å². The molecular weight excluding hydrogens is 212 g/mol. The lowest BCUT2D eigenvalue weighted by Crippen LogP contribution is -2.05. The Labute approximate surface area is 101 Å². The zero-order chi connectivity index (χ0) is 12.3. The van der Waals surface area contributed by atoms with Crippen molar-refractivity contribution in [3.8, 4) is 5.75 Å². The van der Waals surface area contributed by atoms with Crippen LogP contribution in [0.1, 0.15) is 24.2 Å². The van der Waals surface area contributed by atoms with Crippen molar-refractivity contribution in [2.75, 3.05) is 5.73 Å². The Kier molecular flexibility index (Phi) is 3.28. The van der Waals surface area contributed by atoms with E-state index in [9.17, 15) is 0 Å². The first-order valence-electron chi connectivity index (χ1n) is 5.59. The highest BCUT2D eigenvalue weighted by molar-refractivity contribution is 5.53. The summed E-state index contributed by atoms with van der Waals surface area (Å²) in [4.78, 5) is 3.99. The van der Waals surface area contributed by atoms with E-state index in [0.29, 0.717) is 5.69 Å². The number of benzene rings is 1. The van der Waals surface area contributed by atoms with Crippen LogP contribution in [0.15, 0.2) is 42.7 Å². The lowest BCUT2D eigenvalue weighted by atomic mass is 10.1. The van der Waals surface area contributed by atoms with Crippen molar-refractivity contribution in [1.82, 2.24) is 4.98 Å². The van der Waals surface area contributed by atoms with Crippen LogP contribution in [-0.2, 0) is 0 Å². The Morgan fingerprint density at radius 1 is 1.18 bits per heavy atom. The molecule has 3 nitrogen and oxygen atoms in total. The monoisotopic (exact) mass is 228 g/mol. The van der Waals surface area contributed by atoms with Crippen LogP contribution >= 0.6 is 0 Å². The summed E-state index contributed by atoms with van der Waals surface area (Å²) >= 11 is 0. The van der Waals surface area contributed by atoms with Gasteiger partial charge in [-0.15, -0.1) is 0 Å². The summed E-state index contributed by atoms with van der Waals surface area (Å²) in [6.07, 6.45) is 3.48. The molecule has 17 heavy (non-hydrogen) atoms. The van der Waals surface area contributed by atoms with Crippen LogP contribution < -0.4 is 10.5 Å². The van der Waals surface area contributed by atoms with Crippen LogP contribution in [0.25, 0.3) is 0 Å². The Morgan fingerprint density at radius 2 is 1.88 bits per heavy atom. The summed E-state index contributed by atoms with van der Waals surface area (Å²) < 4.78 is 5.86. The normalized spacial score (nSPS) is 12.1. The molecule has 2 N–H and O–H groups in total. The van der Waals surface area contributed by atoms with Crippen LogP contribution in [-0.4, -0.2) is 4.98 Å². The first-order chi connectivity index (χ1) is 8.16. The lowest BCUT2D eigenvalue weighted by molar-refractivity contribution is 0.228. The predicted molar refractivity (Wildman–Crippen MR) is 68.9 cm³/mol. The highest BCUT2D eigenvalue weighted by Crippen LogP contribution is 2.27. The number of aromatic nitrogens is 1. The van der Waals surface area contributed by atoms with Gasteiger partial charge in [0, 0.05) is 12.4 Å². The van der Waals surface area contributed by atoms with Gasteiger partial charge in [-0.3, -0.25) is 4.98 Å². The molecule has 1 heterocycles. The number of nitrogens with zero attached hydrogens (tertiary/aromatic N) is 1. The summed E-state index contributed by atoms with van der Waals surface area (Å²) in [5.74, 6) is 0.731. The van der Waals surface area contributed by atoms with E-state index in [-0.39, 0.29) is 6.10 Å². The molecule has 0 radical (unpaired) electrons. The SMILES string of the molecule is Cc1ccc(N)c(OC(C)c2ccncc2)c1. The van der Waals surface area contributed by atoms with Gasteiger partial charge in [0.1, 0.15) is 11.9 Å². The molecule has 0 saturated carbocycles. The van der Waals surface area contributed by atoms with E-state index < -0.39 is 0 Å². The van der Waals surface area contributed by atoms with Gasteiger partial charge in [0.25, 0.3) is 0 Å². The zero-order valence-corrected chi connectivity index (χ0v) is 10.1. The van der Waals surface area contributed by atoms with Gasteiger partial charge in [-0.05, 0) is 49.2 Å². The minimum absolute atomic E-state index is 0.0397. The van der Waals surface area contributed by atoms with E-state index in [1.54, 1.807) is 12.4 Å². The fraction of sp³-hybridized carbons (Fsp3) is 0.214. The highest BCUT2D eigenvalue weighted by atomic mass is 16.5. The molecule has 1 atom stereocenters. The number of ether oxygens (including phenoxy) is 1. The van der Waals surface area contributed by atoms with Gasteiger partial charge >= 0.3 is 0 Å². The average molecular weight is 228 g/mol. The molecule has 0 aliphatic heterocycles. The summed E-state index contributed by atoms with van der Waals surface area (Å²) in [7, 11) is 0. The third kappa shape index (κ3) is 2.75. The van der Waals surface area contributed by atoms with Crippen LogP contribution in [0.4, 0.5) is 5.69 Å². The Morgan fingerprint density at radius 3 is 2.59 bits per heavy atom. The quantitative estimate of drug-likeness (QED) is 0.821. The fourth-order valence-corrected chi connectivity index (χ4v) is 1.64. The fourth-order valence-electron chi connectivity index (χ4n) is 1.64. The number of nitrogens with two attached hydrogens (primary N) is 1. The smallest absolute Gasteiger partial charge is 0.143 e. The van der Waals surface area contributed by atoms with Gasteiger partial charge in [-0.25, -0.2) is 0 Å². The summed E-state index contributed by atoms with van der Waals surface area (Å²) in [5, 5.41) is 0. The van der Waals surface area contributed by atoms with Crippen LogP contribution in [0.3, 0.4) is 0 Å². The van der Waals surface area contributed by atoms with Crippen LogP contribution in [0.5, 0.6) is 5.75 Å². The van der Waals surface area contributed by atoms with Crippen molar-refractivity contribution in [3.05, 3.63) is 53.9 Å². The molecular formula is C14H16N2O. The predicted octanol–water partition coefficient (Wildman–Crippen LogP) is 3.11. The van der Waals surface area contributed by atoms with Gasteiger partial charge in [0.2, 0.25) is 0 Å². The second-order valence-corrected chi connectivity index (χ2v) is 4.08. The minimum atomic E-state index is -0.0397. The third-order valence-electron chi connectivity index (χ3n) is 2.65. The molecule has 0 fully saturated rings. The topological polar surface area (TPSA) is 48.1 Å². The first kappa shape index (κ1) is 11.5. The number of aryl methyl sites for hydroxylation is 1. The molecule has 0 aliphatic carbocycles. The maximum Gasteiger partial charge on any atom is 0.143 e. The number of rotatable bonds is 3. The van der Waals surface area contributed by atoms with E-state index in [0.717, 1.165) is 16.9 Å². The molecule has 0 saturated heterocycles. The molecule has 0 bridgehead atoms. The molecule has 1 aromatic heterocycles. The first-order valence-corrected chi connectivity index (χ1v) is 5.59. The highest BCUT2D eigenvalue weighted by Gasteiger charge is 2.09. The van der Waals surface area contributed by atoms with E-state index in [1.165, 1.54) is 0 Å². The van der Waals surface area contributed by atoms with Crippen molar-refractivity contribution in [3.63, 3.8) is 0 Å². The lowest BCUT2D eigenvalue weighted by Gasteiger charge is -2.16. The van der Waals surface area contributed by atoms with E-state index in [2.05, 4.69) is 4.98 Å². The summed E-state index contributed by atoms with van der Waals surface area (Å²) in [6.45, 7) is 4.01. The molecule has 2 rings (SSSR count). The zero-order valence-electron chi connectivity index (χ0n) is 10.1. The van der Waals surface area contributed by atoms with E-state index in [1.807, 2.05) is 44.2 Å². The Bertz CT molecular complexity index is 497. The summed E-state index contributed by atoms with van der Waals surface area (Å²) in [6, 6.07) is 9.67. The number of hydrogen-bond donors (Lipinski definition) is 1. The van der Waals surface area contributed by atoms with Crippen molar-refractivity contribution in [2.45, 2.75) is 20.0 Å². The van der Waals surface area contributed by atoms with E-state index >= 15 is 0 Å². The molecule has 88 valence electrons. The molecule has 0 spiro atoms. The standard InChI is InChI=1S/C14H16N2O/c1-10-3-4-13(15)14(9-10)17-11(2)12-5-7-16-8-6-12/h3-9,11H,15H2,1-2H3. The largest absolute Gasteiger partial charge is 0.484 e. The van der Waals surface area contributed by atoms with Crippen molar-refractivity contribution in [1.29, 1.82) is 0 Å². The van der Waals surface area contributed by atoms with Gasteiger partial charge in [-0.1, -0.05) is 6.07 Å². The van der Waals surface area contributed by atoms with Crippen LogP contribution in [0, 0.1) is 6.92 Å². The number of hydrogen-bond acceptors (Lipinski definition) is 3. The third-order valence-corrected chi connectivity index (χ3v) is 2.65. The maximum atomic E-state index is 5.88. The van der Waals surface area contributed by atoms with E-state index in [4.69, 9.17) is 10.5 Å². The number of nitrogen functional groups attached to an aromatic ring is 1. The Balaban J connectivity index is 2.18. The molecule has 3 heteroatoms. The maximum absolute atomic E-state index is 5.88. The molecule has 1 unspecified atom stereocenters. The molecule has 2 aromatic rings. The van der Waals surface area contributed by atoms with Gasteiger partial charge in [0.15, 0.2) is 0 Å².